The Morgan fingerprint density at radius 2 is 2.00 bits per heavy atom. The molecule has 76 valence electrons. The summed E-state index contributed by atoms with van der Waals surface area (Å²) in [4.78, 5) is 0. The van der Waals surface area contributed by atoms with Crippen molar-refractivity contribution in [2.24, 2.45) is 0 Å². The fourth-order valence-electron chi connectivity index (χ4n) is 1.72. The Bertz CT molecular complexity index is 216. The zero-order valence-electron chi connectivity index (χ0n) is 8.24. The van der Waals surface area contributed by atoms with E-state index in [4.69, 9.17) is 19.3 Å². The zero-order chi connectivity index (χ0) is 9.69. The smallest absolute Gasteiger partial charge is 0.163 e. The largest absolute Gasteiger partial charge is 0.393 e. The first-order valence-corrected chi connectivity index (χ1v) is 4.57. The molecule has 4 nitrogen and oxygen atoms in total. The van der Waals surface area contributed by atoms with Gasteiger partial charge in [0, 0.05) is 0 Å². The van der Waals surface area contributed by atoms with Crippen LogP contribution in [0, 0.1) is 0 Å². The summed E-state index contributed by atoms with van der Waals surface area (Å²) in [5.41, 5.74) is -0.408. The van der Waals surface area contributed by atoms with Crippen molar-refractivity contribution in [2.75, 3.05) is 13.2 Å². The Labute approximate surface area is 77.8 Å². The molecule has 0 saturated carbocycles. The van der Waals surface area contributed by atoms with Gasteiger partial charge in [0.05, 0.1) is 13.2 Å². The molecule has 3 atom stereocenters. The standard InChI is InChI=1S/C9H16O4/c1-8(2)11-4-6(12-8)7-9(3,5-10)13-7/h6-7,10H,4-5H2,1-3H3/t6-,7+,9-/m0/s1. The lowest BCUT2D eigenvalue weighted by Gasteiger charge is -2.16. The highest BCUT2D eigenvalue weighted by molar-refractivity contribution is 5.04. The number of rotatable bonds is 2. The normalized spacial score (nSPS) is 48.0. The van der Waals surface area contributed by atoms with Gasteiger partial charge >= 0.3 is 0 Å². The van der Waals surface area contributed by atoms with Gasteiger partial charge in [0.15, 0.2) is 5.79 Å². The van der Waals surface area contributed by atoms with Crippen LogP contribution in [-0.2, 0) is 14.2 Å². The minimum absolute atomic E-state index is 0.0146. The minimum atomic E-state index is -0.507. The van der Waals surface area contributed by atoms with Crippen molar-refractivity contribution in [3.63, 3.8) is 0 Å². The van der Waals surface area contributed by atoms with E-state index < -0.39 is 11.4 Å². The van der Waals surface area contributed by atoms with Gasteiger partial charge in [-0.05, 0) is 20.8 Å². The third-order valence-corrected chi connectivity index (χ3v) is 2.62. The Balaban J connectivity index is 1.93. The van der Waals surface area contributed by atoms with Gasteiger partial charge in [-0.1, -0.05) is 0 Å². The van der Waals surface area contributed by atoms with Gasteiger partial charge in [-0.2, -0.15) is 0 Å². The van der Waals surface area contributed by atoms with Crippen molar-refractivity contribution >= 4 is 0 Å². The molecule has 0 spiro atoms. The van der Waals surface area contributed by atoms with Crippen molar-refractivity contribution in [2.45, 2.75) is 44.4 Å². The van der Waals surface area contributed by atoms with Crippen LogP contribution >= 0.6 is 0 Å². The van der Waals surface area contributed by atoms with E-state index in [0.29, 0.717) is 6.61 Å². The van der Waals surface area contributed by atoms with Crippen molar-refractivity contribution < 1.29 is 19.3 Å². The summed E-state index contributed by atoms with van der Waals surface area (Å²) in [6.07, 6.45) is -0.0496. The van der Waals surface area contributed by atoms with Crippen molar-refractivity contribution in [3.8, 4) is 0 Å². The second kappa shape index (κ2) is 2.67. The van der Waals surface area contributed by atoms with Crippen LogP contribution in [0.15, 0.2) is 0 Å². The number of hydrogen-bond acceptors (Lipinski definition) is 4. The molecule has 0 aromatic heterocycles. The van der Waals surface area contributed by atoms with Gasteiger partial charge in [-0.15, -0.1) is 0 Å². The van der Waals surface area contributed by atoms with Gasteiger partial charge in [-0.25, -0.2) is 0 Å². The lowest BCUT2D eigenvalue weighted by molar-refractivity contribution is -0.140. The summed E-state index contributed by atoms with van der Waals surface area (Å²) >= 11 is 0. The quantitative estimate of drug-likeness (QED) is 0.633. The first kappa shape index (κ1) is 9.40. The van der Waals surface area contributed by atoms with Crippen LogP contribution in [0.2, 0.25) is 0 Å². The van der Waals surface area contributed by atoms with Crippen LogP contribution in [-0.4, -0.2) is 41.9 Å². The van der Waals surface area contributed by atoms with Gasteiger partial charge < -0.3 is 19.3 Å². The molecule has 0 unspecified atom stereocenters. The molecule has 2 aliphatic heterocycles. The van der Waals surface area contributed by atoms with E-state index in [1.807, 2.05) is 20.8 Å². The number of ether oxygens (including phenoxy) is 3. The SMILES string of the molecule is CC1(C)OC[C@@H]([C@H]2O[C@@]2(C)CO)O1. The highest BCUT2D eigenvalue weighted by atomic mass is 16.8. The van der Waals surface area contributed by atoms with Gasteiger partial charge in [0.25, 0.3) is 0 Å². The molecule has 0 bridgehead atoms. The maximum atomic E-state index is 9.00. The Morgan fingerprint density at radius 3 is 2.38 bits per heavy atom. The molecule has 1 N–H and O–H groups in total. The van der Waals surface area contributed by atoms with E-state index in [-0.39, 0.29) is 18.8 Å². The number of hydrogen-bond donors (Lipinski definition) is 1. The van der Waals surface area contributed by atoms with Crippen LogP contribution in [0.25, 0.3) is 0 Å². The van der Waals surface area contributed by atoms with Crippen LogP contribution in [0.5, 0.6) is 0 Å². The third-order valence-electron chi connectivity index (χ3n) is 2.62. The minimum Gasteiger partial charge on any atom is -0.393 e. The Morgan fingerprint density at radius 1 is 1.31 bits per heavy atom. The molecule has 2 fully saturated rings. The highest BCUT2D eigenvalue weighted by Crippen LogP contribution is 2.42. The van der Waals surface area contributed by atoms with E-state index in [0.717, 1.165) is 0 Å². The van der Waals surface area contributed by atoms with E-state index in [2.05, 4.69) is 0 Å². The average molecular weight is 188 g/mol. The molecule has 0 amide bonds. The van der Waals surface area contributed by atoms with E-state index in [9.17, 15) is 0 Å². The molecule has 0 aliphatic carbocycles. The summed E-state index contributed by atoms with van der Waals surface area (Å²) in [6.45, 7) is 6.23. The lowest BCUT2D eigenvalue weighted by Crippen LogP contribution is -2.29. The molecular formula is C9H16O4. The Hall–Kier alpha value is -0.160. The summed E-state index contributed by atoms with van der Waals surface area (Å²) in [7, 11) is 0. The summed E-state index contributed by atoms with van der Waals surface area (Å²) < 4.78 is 16.4. The second-order valence-corrected chi connectivity index (χ2v) is 4.38. The molecule has 2 heterocycles. The molecule has 0 aromatic carbocycles. The van der Waals surface area contributed by atoms with E-state index >= 15 is 0 Å². The second-order valence-electron chi connectivity index (χ2n) is 4.38. The molecule has 0 aromatic rings. The average Bonchev–Trinajstić information content (AvgIpc) is 2.60. The number of aliphatic hydroxyl groups is 1. The van der Waals surface area contributed by atoms with Gasteiger partial charge in [0.2, 0.25) is 0 Å². The molecule has 2 rings (SSSR count). The monoisotopic (exact) mass is 188 g/mol. The molecule has 2 aliphatic rings. The predicted molar refractivity (Wildman–Crippen MR) is 45.3 cm³/mol. The summed E-state index contributed by atoms with van der Waals surface area (Å²) in [5.74, 6) is -0.507. The van der Waals surface area contributed by atoms with Crippen LogP contribution in [0.1, 0.15) is 20.8 Å². The maximum Gasteiger partial charge on any atom is 0.163 e. The maximum absolute atomic E-state index is 9.00. The van der Waals surface area contributed by atoms with Crippen LogP contribution < -0.4 is 0 Å². The molecule has 0 radical (unpaired) electrons. The molecule has 4 heteroatoms. The van der Waals surface area contributed by atoms with Gasteiger partial charge in [-0.3, -0.25) is 0 Å². The lowest BCUT2D eigenvalue weighted by atomic mass is 10.1. The van der Waals surface area contributed by atoms with Crippen molar-refractivity contribution in [1.29, 1.82) is 0 Å². The molecule has 2 saturated heterocycles. The third kappa shape index (κ3) is 1.59. The zero-order valence-corrected chi connectivity index (χ0v) is 8.24. The fourth-order valence-corrected chi connectivity index (χ4v) is 1.72. The summed E-state index contributed by atoms with van der Waals surface area (Å²) in [5, 5.41) is 9.00. The fraction of sp³-hybridized carbons (Fsp3) is 1.00. The summed E-state index contributed by atoms with van der Waals surface area (Å²) in [6, 6.07) is 0. The first-order chi connectivity index (χ1) is 5.97. The highest BCUT2D eigenvalue weighted by Gasteiger charge is 2.59. The van der Waals surface area contributed by atoms with Crippen molar-refractivity contribution in [3.05, 3.63) is 0 Å². The van der Waals surface area contributed by atoms with E-state index in [1.54, 1.807) is 0 Å². The van der Waals surface area contributed by atoms with Crippen molar-refractivity contribution in [1.82, 2.24) is 0 Å². The van der Waals surface area contributed by atoms with Gasteiger partial charge in [0.1, 0.15) is 17.8 Å². The number of epoxide rings is 1. The van der Waals surface area contributed by atoms with Crippen LogP contribution in [0.3, 0.4) is 0 Å². The first-order valence-electron chi connectivity index (χ1n) is 4.57. The Kier molecular flexibility index (Phi) is 1.93. The molecular weight excluding hydrogens is 172 g/mol. The van der Waals surface area contributed by atoms with E-state index in [1.165, 1.54) is 0 Å². The topological polar surface area (TPSA) is 51.2 Å². The molecule has 13 heavy (non-hydrogen) atoms. The number of aliphatic hydroxyl groups excluding tert-OH is 1. The predicted octanol–water partition coefficient (Wildman–Crippen LogP) is 0.288. The van der Waals surface area contributed by atoms with Crippen LogP contribution in [0.4, 0.5) is 0 Å².